The third-order valence-electron chi connectivity index (χ3n) is 21.5. The van der Waals surface area contributed by atoms with E-state index in [1.165, 1.54) is 89.3 Å². The van der Waals surface area contributed by atoms with Gasteiger partial charge >= 0.3 is 0 Å². The van der Waals surface area contributed by atoms with Crippen LogP contribution in [0.15, 0.2) is 352 Å². The minimum atomic E-state index is -0.0839. The lowest BCUT2D eigenvalue weighted by atomic mass is 9.62. The largest absolute Gasteiger partial charge is 0.311 e. The molecule has 0 bridgehead atoms. The maximum atomic E-state index is 2.41. The molecular weight excluding hydrogens is 1270 g/mol. The van der Waals surface area contributed by atoms with Gasteiger partial charge in [-0.05, 0) is 279 Å². The van der Waals surface area contributed by atoms with Crippen LogP contribution >= 0.6 is 0 Å². The molecule has 0 unspecified atom stereocenters. The lowest BCUT2D eigenvalue weighted by molar-refractivity contribution is 0.315. The molecule has 1 aliphatic rings. The van der Waals surface area contributed by atoms with Gasteiger partial charge in [-0.25, -0.2) is 0 Å². The standard InChI is InChI=1S/C52H50N2.C49H46N2/c1-38-10-22-46(23-11-38)53(47-24-12-39(2)13-25-47)50-30-18-44(19-31-50)52(36-34-43(35-37-52)42-8-6-5-7-9-42)45-20-32-51(33-21-45)54(48-26-14-40(3)15-27-48)49-28-16-41(4)17-29-49;1-36-10-23-43(24-11-36)50(44-25-12-37(2)13-26-44)47-31-19-41(20-32-47)49(35-18-40-8-6-5-7-9-40)42-21-33-48(34-22-42)51(45-27-14-38(3)15-28-45)46-29-16-39(4)17-30-46/h5-33,43H,34-37H2,1-4H3;5-17,19-34,49H,18,35H2,1-4H3. The van der Waals surface area contributed by atoms with Crippen LogP contribution in [0.4, 0.5) is 68.2 Å². The summed E-state index contributed by atoms with van der Waals surface area (Å²) >= 11 is 0. The molecule has 1 aliphatic carbocycles. The molecule has 0 spiro atoms. The molecule has 0 aliphatic heterocycles. The topological polar surface area (TPSA) is 13.0 Å². The van der Waals surface area contributed by atoms with Crippen molar-refractivity contribution in [2.75, 3.05) is 19.6 Å². The highest BCUT2D eigenvalue weighted by atomic mass is 15.2. The van der Waals surface area contributed by atoms with Crippen molar-refractivity contribution in [1.82, 2.24) is 0 Å². The summed E-state index contributed by atoms with van der Waals surface area (Å²) in [4.78, 5) is 9.45. The molecule has 105 heavy (non-hydrogen) atoms. The van der Waals surface area contributed by atoms with Crippen molar-refractivity contribution in [2.45, 2.75) is 111 Å². The molecule has 4 heteroatoms. The molecule has 0 saturated heterocycles. The van der Waals surface area contributed by atoms with E-state index in [0.717, 1.165) is 95.4 Å². The highest BCUT2D eigenvalue weighted by Gasteiger charge is 2.39. The minimum Gasteiger partial charge on any atom is -0.311 e. The summed E-state index contributed by atoms with van der Waals surface area (Å²) in [7, 11) is 0. The molecule has 0 heterocycles. The van der Waals surface area contributed by atoms with Gasteiger partial charge in [-0.2, -0.15) is 0 Å². The normalized spacial score (nSPS) is 12.6. The molecule has 520 valence electrons. The molecule has 4 nitrogen and oxygen atoms in total. The molecule has 1 saturated carbocycles. The Balaban J connectivity index is 0.000000177. The fourth-order valence-electron chi connectivity index (χ4n) is 15.3. The average Bonchev–Trinajstić information content (AvgIpc) is 0.754. The summed E-state index contributed by atoms with van der Waals surface area (Å²) in [6.45, 7) is 17.1. The number of nitrogens with zero attached hydrogens (tertiary/aromatic N) is 4. The van der Waals surface area contributed by atoms with Crippen molar-refractivity contribution in [3.8, 4) is 0 Å². The van der Waals surface area contributed by atoms with Gasteiger partial charge in [0.2, 0.25) is 0 Å². The first-order chi connectivity index (χ1) is 51.3. The van der Waals surface area contributed by atoms with E-state index < -0.39 is 0 Å². The van der Waals surface area contributed by atoms with Crippen molar-refractivity contribution in [3.05, 3.63) is 430 Å². The van der Waals surface area contributed by atoms with Crippen molar-refractivity contribution in [2.24, 2.45) is 0 Å². The van der Waals surface area contributed by atoms with E-state index in [0.29, 0.717) is 5.92 Å². The Morgan fingerprint density at radius 3 is 0.695 bits per heavy atom. The summed E-state index contributed by atoms with van der Waals surface area (Å²) in [5.41, 5.74) is 32.2. The Hall–Kier alpha value is -11.7. The summed E-state index contributed by atoms with van der Waals surface area (Å²) in [5, 5.41) is 0. The monoisotopic (exact) mass is 1360 g/mol. The van der Waals surface area contributed by atoms with E-state index in [2.05, 4.69) is 427 Å². The van der Waals surface area contributed by atoms with Gasteiger partial charge in [0, 0.05) is 79.6 Å². The highest BCUT2D eigenvalue weighted by molar-refractivity contribution is 5.81. The van der Waals surface area contributed by atoms with Gasteiger partial charge in [-0.3, -0.25) is 0 Å². The number of hydrogen-bond acceptors (Lipinski definition) is 4. The van der Waals surface area contributed by atoms with Crippen LogP contribution in [0.1, 0.15) is 122 Å². The summed E-state index contributed by atoms with van der Waals surface area (Å²) in [6, 6.07) is 130. The lowest BCUT2D eigenvalue weighted by Gasteiger charge is -2.42. The van der Waals surface area contributed by atoms with Crippen LogP contribution in [0.25, 0.3) is 0 Å². The van der Waals surface area contributed by atoms with Crippen LogP contribution in [-0.4, -0.2) is 0 Å². The predicted molar refractivity (Wildman–Crippen MR) is 447 cm³/mol. The number of aryl methyl sites for hydroxylation is 9. The Morgan fingerprint density at radius 1 is 0.248 bits per heavy atom. The van der Waals surface area contributed by atoms with Crippen LogP contribution in [-0.2, 0) is 11.8 Å². The highest BCUT2D eigenvalue weighted by Crippen LogP contribution is 2.51. The van der Waals surface area contributed by atoms with Crippen LogP contribution in [0.2, 0.25) is 0 Å². The number of hydrogen-bond donors (Lipinski definition) is 0. The zero-order chi connectivity index (χ0) is 72.2. The molecule has 1 fully saturated rings. The van der Waals surface area contributed by atoms with Crippen LogP contribution in [0.3, 0.4) is 0 Å². The molecule has 0 aromatic heterocycles. The van der Waals surface area contributed by atoms with Crippen LogP contribution in [0, 0.1) is 55.4 Å². The first-order valence-corrected chi connectivity index (χ1v) is 37.5. The fourth-order valence-corrected chi connectivity index (χ4v) is 15.3. The van der Waals surface area contributed by atoms with Gasteiger partial charge in [0.25, 0.3) is 0 Å². The van der Waals surface area contributed by atoms with Gasteiger partial charge in [0.05, 0.1) is 0 Å². The number of rotatable bonds is 20. The van der Waals surface area contributed by atoms with Crippen molar-refractivity contribution in [3.63, 3.8) is 0 Å². The molecular formula is C101H96N4. The second-order valence-corrected chi connectivity index (χ2v) is 29.1. The second-order valence-electron chi connectivity index (χ2n) is 29.1. The molecule has 14 aromatic rings. The first-order valence-electron chi connectivity index (χ1n) is 37.5. The van der Waals surface area contributed by atoms with Crippen molar-refractivity contribution < 1.29 is 0 Å². The van der Waals surface area contributed by atoms with Crippen LogP contribution in [0.5, 0.6) is 0 Å². The molecule has 0 amide bonds. The van der Waals surface area contributed by atoms with E-state index in [4.69, 9.17) is 0 Å². The number of anilines is 12. The Bertz CT molecular complexity index is 4590. The van der Waals surface area contributed by atoms with Crippen LogP contribution < -0.4 is 19.6 Å². The number of benzene rings is 14. The maximum Gasteiger partial charge on any atom is 0.0461 e. The first kappa shape index (κ1) is 70.3. The smallest absolute Gasteiger partial charge is 0.0461 e. The Morgan fingerprint density at radius 2 is 0.457 bits per heavy atom. The lowest BCUT2D eigenvalue weighted by Crippen LogP contribution is -2.32. The molecule has 0 N–H and O–H groups in total. The minimum absolute atomic E-state index is 0.0839. The molecule has 14 aromatic carbocycles. The van der Waals surface area contributed by atoms with Gasteiger partial charge in [0.1, 0.15) is 0 Å². The average molecular weight is 1370 g/mol. The van der Waals surface area contributed by atoms with E-state index in [9.17, 15) is 0 Å². The molecule has 0 radical (unpaired) electrons. The van der Waals surface area contributed by atoms with E-state index in [-0.39, 0.29) is 11.3 Å². The summed E-state index contributed by atoms with van der Waals surface area (Å²) < 4.78 is 0. The van der Waals surface area contributed by atoms with Gasteiger partial charge in [0.15, 0.2) is 0 Å². The third kappa shape index (κ3) is 16.5. The Kier molecular flexibility index (Phi) is 21.6. The van der Waals surface area contributed by atoms with E-state index in [1.54, 1.807) is 0 Å². The van der Waals surface area contributed by atoms with E-state index >= 15 is 0 Å². The maximum absolute atomic E-state index is 2.41. The third-order valence-corrected chi connectivity index (χ3v) is 21.5. The molecule has 0 atom stereocenters. The van der Waals surface area contributed by atoms with Gasteiger partial charge in [-0.15, -0.1) is 0 Å². The SMILES string of the molecule is Cc1ccc(N(c2ccc(C)cc2)c2ccc(C(CCc3ccccc3)c3ccc(N(c4ccc(C)cc4)c4ccc(C)cc4)cc3)cc2)cc1.Cc1ccc(N(c2ccc(C)cc2)c2ccc(C3(c4ccc(N(c5ccc(C)cc5)c5ccc(C)cc5)cc4)CCC(c4ccccc4)CC3)cc2)cc1. The predicted octanol–water partition coefficient (Wildman–Crippen LogP) is 28.1. The van der Waals surface area contributed by atoms with Gasteiger partial charge < -0.3 is 19.6 Å². The van der Waals surface area contributed by atoms with Crippen molar-refractivity contribution in [1.29, 1.82) is 0 Å². The fraction of sp³-hybridized carbons (Fsp3) is 0.168. The summed E-state index contributed by atoms with van der Waals surface area (Å²) in [5.74, 6) is 0.822. The molecule has 15 rings (SSSR count). The quantitative estimate of drug-likeness (QED) is 0.0754. The zero-order valence-electron chi connectivity index (χ0n) is 62.2. The summed E-state index contributed by atoms with van der Waals surface area (Å²) in [6.07, 6.45) is 6.54. The zero-order valence-corrected chi connectivity index (χ0v) is 62.2. The van der Waals surface area contributed by atoms with Gasteiger partial charge in [-0.1, -0.05) is 251 Å². The second kappa shape index (κ2) is 32.3. The van der Waals surface area contributed by atoms with E-state index in [1.807, 2.05) is 0 Å². The Labute approximate surface area is 624 Å². The van der Waals surface area contributed by atoms with Crippen molar-refractivity contribution >= 4 is 68.2 Å².